The topological polar surface area (TPSA) is 62.5 Å². The molecule has 0 radical (unpaired) electrons. The number of pyridine rings is 1. The molecule has 14 heavy (non-hydrogen) atoms. The number of rotatable bonds is 2. The first-order valence-corrected chi connectivity index (χ1v) is 4.70. The molecule has 0 bridgehead atoms. The van der Waals surface area contributed by atoms with Gasteiger partial charge in [-0.05, 0) is 41.4 Å². The number of nitrogens with zero attached hydrogens (tertiary/aromatic N) is 2. The van der Waals surface area contributed by atoms with Crippen molar-refractivity contribution in [3.8, 4) is 0 Å². The van der Waals surface area contributed by atoms with Crippen LogP contribution in [0.15, 0.2) is 21.7 Å². The number of aromatic nitrogens is 1. The highest BCUT2D eigenvalue weighted by Gasteiger charge is 2.04. The van der Waals surface area contributed by atoms with Crippen LogP contribution in [0, 0.1) is 6.92 Å². The summed E-state index contributed by atoms with van der Waals surface area (Å²) in [4.78, 5) is 18.4. The van der Waals surface area contributed by atoms with Gasteiger partial charge in [0.25, 0.3) is 0 Å². The molecular formula is C9H9BrN2O2. The number of aryl methyl sites for hydroxylation is 1. The van der Waals surface area contributed by atoms with E-state index in [9.17, 15) is 4.79 Å². The molecule has 0 amide bonds. The Balaban J connectivity index is 3.09. The van der Waals surface area contributed by atoms with Gasteiger partial charge in [0.15, 0.2) is 5.82 Å². The Labute approximate surface area is 89.8 Å². The lowest BCUT2D eigenvalue weighted by atomic mass is 10.3. The van der Waals surface area contributed by atoms with Gasteiger partial charge < -0.3 is 5.11 Å². The highest BCUT2D eigenvalue weighted by atomic mass is 79.9. The molecule has 0 unspecified atom stereocenters. The summed E-state index contributed by atoms with van der Waals surface area (Å²) in [5.41, 5.74) is 0.864. The summed E-state index contributed by atoms with van der Waals surface area (Å²) >= 11 is 3.26. The maximum absolute atomic E-state index is 10.5. The Bertz CT molecular complexity index is 402. The van der Waals surface area contributed by atoms with Gasteiger partial charge in [-0.3, -0.25) is 0 Å². The lowest BCUT2D eigenvalue weighted by Crippen LogP contribution is -2.07. The van der Waals surface area contributed by atoms with Crippen molar-refractivity contribution in [2.24, 2.45) is 4.99 Å². The molecule has 1 heterocycles. The molecule has 74 valence electrons. The third kappa shape index (κ3) is 2.63. The molecule has 1 aromatic rings. The first-order valence-electron chi connectivity index (χ1n) is 3.91. The summed E-state index contributed by atoms with van der Waals surface area (Å²) in [5.74, 6) is -0.595. The first kappa shape index (κ1) is 10.8. The van der Waals surface area contributed by atoms with Gasteiger partial charge in [0.1, 0.15) is 5.71 Å². The normalized spacial score (nSPS) is 11.5. The van der Waals surface area contributed by atoms with Crippen LogP contribution in [0.5, 0.6) is 0 Å². The molecule has 1 N–H and O–H groups in total. The average Bonchev–Trinajstić information content (AvgIpc) is 2.09. The Morgan fingerprint density at radius 1 is 1.64 bits per heavy atom. The summed E-state index contributed by atoms with van der Waals surface area (Å²) in [7, 11) is 0. The number of halogens is 1. The van der Waals surface area contributed by atoms with Crippen LogP contribution in [0.4, 0.5) is 5.82 Å². The van der Waals surface area contributed by atoms with E-state index in [-0.39, 0.29) is 5.71 Å². The molecule has 0 saturated heterocycles. The minimum atomic E-state index is -1.03. The van der Waals surface area contributed by atoms with Crippen molar-refractivity contribution >= 4 is 33.4 Å². The van der Waals surface area contributed by atoms with Crippen molar-refractivity contribution in [1.29, 1.82) is 0 Å². The van der Waals surface area contributed by atoms with Gasteiger partial charge in [-0.25, -0.2) is 14.8 Å². The molecule has 5 heteroatoms. The second kappa shape index (κ2) is 4.32. The minimum Gasteiger partial charge on any atom is -0.477 e. The Hall–Kier alpha value is -1.23. The standard InChI is InChI=1S/C9H9BrN2O2/c1-5-3-7(10)4-11-8(5)12-6(2)9(13)14/h3-4H,1-2H3,(H,13,14)/b12-6+. The molecule has 0 saturated carbocycles. The zero-order valence-corrected chi connectivity index (χ0v) is 9.37. The van der Waals surface area contributed by atoms with Crippen molar-refractivity contribution in [2.75, 3.05) is 0 Å². The molecule has 0 aromatic carbocycles. The van der Waals surface area contributed by atoms with E-state index in [1.165, 1.54) is 6.92 Å². The second-order valence-electron chi connectivity index (χ2n) is 2.80. The smallest absolute Gasteiger partial charge is 0.350 e. The molecule has 0 aliphatic carbocycles. The fourth-order valence-electron chi connectivity index (χ4n) is 0.857. The third-order valence-electron chi connectivity index (χ3n) is 1.60. The van der Waals surface area contributed by atoms with E-state index >= 15 is 0 Å². The van der Waals surface area contributed by atoms with E-state index in [0.717, 1.165) is 10.0 Å². The van der Waals surface area contributed by atoms with Gasteiger partial charge >= 0.3 is 5.97 Å². The lowest BCUT2D eigenvalue weighted by molar-refractivity contribution is -0.129. The summed E-state index contributed by atoms with van der Waals surface area (Å²) < 4.78 is 0.849. The summed E-state index contributed by atoms with van der Waals surface area (Å²) in [6.45, 7) is 3.26. The van der Waals surface area contributed by atoms with Gasteiger partial charge in [0.2, 0.25) is 0 Å². The van der Waals surface area contributed by atoms with E-state index in [0.29, 0.717) is 5.82 Å². The molecule has 1 rings (SSSR count). The van der Waals surface area contributed by atoms with Gasteiger partial charge in [0.05, 0.1) is 0 Å². The van der Waals surface area contributed by atoms with Crippen LogP contribution in [0.2, 0.25) is 0 Å². The predicted molar refractivity (Wildman–Crippen MR) is 57.1 cm³/mol. The number of carbonyl (C=O) groups is 1. The Morgan fingerprint density at radius 3 is 2.79 bits per heavy atom. The van der Waals surface area contributed by atoms with Crippen molar-refractivity contribution in [3.05, 3.63) is 22.3 Å². The monoisotopic (exact) mass is 256 g/mol. The summed E-state index contributed by atoms with van der Waals surface area (Å²) in [6.07, 6.45) is 1.58. The van der Waals surface area contributed by atoms with Crippen LogP contribution >= 0.6 is 15.9 Å². The van der Waals surface area contributed by atoms with Crippen molar-refractivity contribution in [3.63, 3.8) is 0 Å². The van der Waals surface area contributed by atoms with Gasteiger partial charge in [-0.1, -0.05) is 0 Å². The number of aliphatic imine (C=N–C) groups is 1. The highest BCUT2D eigenvalue weighted by Crippen LogP contribution is 2.19. The molecule has 0 fully saturated rings. The van der Waals surface area contributed by atoms with Crippen LogP contribution in [0.1, 0.15) is 12.5 Å². The molecule has 0 aliphatic rings. The van der Waals surface area contributed by atoms with Crippen LogP contribution < -0.4 is 0 Å². The Kier molecular flexibility index (Phi) is 3.35. The molecule has 0 atom stereocenters. The van der Waals surface area contributed by atoms with Crippen LogP contribution in [-0.2, 0) is 4.79 Å². The quantitative estimate of drug-likeness (QED) is 0.827. The maximum Gasteiger partial charge on any atom is 0.350 e. The highest BCUT2D eigenvalue weighted by molar-refractivity contribution is 9.10. The van der Waals surface area contributed by atoms with Crippen LogP contribution in [-0.4, -0.2) is 21.8 Å². The second-order valence-corrected chi connectivity index (χ2v) is 3.71. The zero-order valence-electron chi connectivity index (χ0n) is 7.78. The van der Waals surface area contributed by atoms with Crippen LogP contribution in [0.25, 0.3) is 0 Å². The van der Waals surface area contributed by atoms with E-state index in [2.05, 4.69) is 25.9 Å². The van der Waals surface area contributed by atoms with E-state index in [4.69, 9.17) is 5.11 Å². The maximum atomic E-state index is 10.5. The van der Waals surface area contributed by atoms with Gasteiger partial charge in [0, 0.05) is 10.7 Å². The molecule has 4 nitrogen and oxygen atoms in total. The average molecular weight is 257 g/mol. The third-order valence-corrected chi connectivity index (χ3v) is 2.03. The Morgan fingerprint density at radius 2 is 2.29 bits per heavy atom. The largest absolute Gasteiger partial charge is 0.477 e. The number of carboxylic acid groups (broad SMARTS) is 1. The van der Waals surface area contributed by atoms with Crippen LogP contribution in [0.3, 0.4) is 0 Å². The summed E-state index contributed by atoms with van der Waals surface area (Å²) in [6, 6.07) is 1.83. The SMILES string of the molecule is C/C(=N\c1ncc(Br)cc1C)C(=O)O. The number of hydrogen-bond donors (Lipinski definition) is 1. The summed E-state index contributed by atoms with van der Waals surface area (Å²) in [5, 5.41) is 8.62. The number of carboxylic acids is 1. The van der Waals surface area contributed by atoms with Crippen molar-refractivity contribution in [1.82, 2.24) is 4.98 Å². The molecule has 0 aliphatic heterocycles. The van der Waals surface area contributed by atoms with Gasteiger partial charge in [-0.15, -0.1) is 0 Å². The fourth-order valence-corrected chi connectivity index (χ4v) is 1.30. The van der Waals surface area contributed by atoms with Crippen molar-refractivity contribution < 1.29 is 9.90 Å². The van der Waals surface area contributed by atoms with E-state index < -0.39 is 5.97 Å². The predicted octanol–water partition coefficient (Wildman–Crippen LogP) is 2.33. The van der Waals surface area contributed by atoms with Crippen molar-refractivity contribution in [2.45, 2.75) is 13.8 Å². The van der Waals surface area contributed by atoms with Gasteiger partial charge in [-0.2, -0.15) is 0 Å². The van der Waals surface area contributed by atoms with E-state index in [1.54, 1.807) is 6.20 Å². The molecule has 0 spiro atoms. The molecular weight excluding hydrogens is 248 g/mol. The lowest BCUT2D eigenvalue weighted by Gasteiger charge is -1.99. The number of hydrogen-bond acceptors (Lipinski definition) is 3. The minimum absolute atomic E-state index is 0.0305. The zero-order chi connectivity index (χ0) is 10.7. The number of aliphatic carboxylic acids is 1. The fraction of sp³-hybridized carbons (Fsp3) is 0.222. The molecule has 1 aromatic heterocycles. The van der Waals surface area contributed by atoms with E-state index in [1.807, 2.05) is 13.0 Å². The first-order chi connectivity index (χ1) is 6.50.